The van der Waals surface area contributed by atoms with Crippen LogP contribution in [0.3, 0.4) is 0 Å². The summed E-state index contributed by atoms with van der Waals surface area (Å²) in [6, 6.07) is 9.67. The van der Waals surface area contributed by atoms with Gasteiger partial charge in [-0.25, -0.2) is 0 Å². The van der Waals surface area contributed by atoms with Gasteiger partial charge in [0.25, 0.3) is 0 Å². The molecule has 0 unspecified atom stereocenters. The first-order chi connectivity index (χ1) is 11.7. The third kappa shape index (κ3) is 4.41. The van der Waals surface area contributed by atoms with Crippen LogP contribution in [0.15, 0.2) is 34.7 Å². The Morgan fingerprint density at radius 2 is 2.12 bits per heavy atom. The zero-order chi connectivity index (χ0) is 16.8. The Kier molecular flexibility index (Phi) is 5.59. The van der Waals surface area contributed by atoms with E-state index < -0.39 is 0 Å². The smallest absolute Gasteiger partial charge is 0.247 e. The molecule has 3 rings (SSSR count). The lowest BCUT2D eigenvalue weighted by molar-refractivity contribution is -0.131. The van der Waals surface area contributed by atoms with Crippen molar-refractivity contribution in [1.29, 1.82) is 0 Å². The maximum absolute atomic E-state index is 12.2. The monoisotopic (exact) mass is 329 g/mol. The summed E-state index contributed by atoms with van der Waals surface area (Å²) in [4.78, 5) is 13.9. The van der Waals surface area contributed by atoms with E-state index in [9.17, 15) is 4.79 Å². The first-order valence-electron chi connectivity index (χ1n) is 8.46. The first kappa shape index (κ1) is 16.6. The third-order valence-electron chi connectivity index (χ3n) is 4.20. The van der Waals surface area contributed by atoms with Crippen LogP contribution in [0.1, 0.15) is 31.6 Å². The summed E-state index contributed by atoms with van der Waals surface area (Å²) < 4.78 is 11.2. The third-order valence-corrected chi connectivity index (χ3v) is 4.20. The van der Waals surface area contributed by atoms with E-state index in [0.29, 0.717) is 37.6 Å². The lowest BCUT2D eigenvalue weighted by atomic mass is 10.2. The number of carbonyl (C=O) groups is 1. The van der Waals surface area contributed by atoms with Crippen molar-refractivity contribution in [2.75, 3.05) is 20.2 Å². The van der Waals surface area contributed by atoms with Gasteiger partial charge in [-0.2, -0.15) is 0 Å². The summed E-state index contributed by atoms with van der Waals surface area (Å²) in [7, 11) is 1.84. The maximum Gasteiger partial charge on any atom is 0.247 e. The maximum atomic E-state index is 12.2. The van der Waals surface area contributed by atoms with Crippen LogP contribution in [-0.4, -0.2) is 47.3 Å². The predicted octanol–water partition coefficient (Wildman–Crippen LogP) is 2.70. The predicted molar refractivity (Wildman–Crippen MR) is 89.3 cm³/mol. The molecular weight excluding hydrogens is 306 g/mol. The van der Waals surface area contributed by atoms with Gasteiger partial charge >= 0.3 is 0 Å². The van der Waals surface area contributed by atoms with Crippen molar-refractivity contribution in [3.05, 3.63) is 36.2 Å². The highest BCUT2D eigenvalue weighted by Gasteiger charge is 2.20. The molecule has 24 heavy (non-hydrogen) atoms. The van der Waals surface area contributed by atoms with Gasteiger partial charge < -0.3 is 14.1 Å². The fourth-order valence-corrected chi connectivity index (χ4v) is 2.83. The van der Waals surface area contributed by atoms with Crippen LogP contribution < -0.4 is 0 Å². The highest BCUT2D eigenvalue weighted by molar-refractivity contribution is 5.75. The molecular formula is C18H23N3O3. The Hall–Kier alpha value is -2.21. The van der Waals surface area contributed by atoms with Crippen LogP contribution in [0.25, 0.3) is 11.5 Å². The minimum absolute atomic E-state index is 0.133. The van der Waals surface area contributed by atoms with E-state index in [4.69, 9.17) is 9.15 Å². The number of amides is 1. The molecule has 1 aliphatic heterocycles. The molecule has 1 amide bonds. The van der Waals surface area contributed by atoms with Gasteiger partial charge in [0.2, 0.25) is 17.7 Å². The topological polar surface area (TPSA) is 68.5 Å². The molecule has 0 radical (unpaired) electrons. The van der Waals surface area contributed by atoms with Crippen molar-refractivity contribution in [3.8, 4) is 11.5 Å². The summed E-state index contributed by atoms with van der Waals surface area (Å²) in [5.74, 6) is 1.23. The first-order valence-corrected chi connectivity index (χ1v) is 8.46. The van der Waals surface area contributed by atoms with Crippen LogP contribution >= 0.6 is 0 Å². The molecule has 1 saturated heterocycles. The van der Waals surface area contributed by atoms with Gasteiger partial charge in [-0.15, -0.1) is 10.2 Å². The van der Waals surface area contributed by atoms with Crippen molar-refractivity contribution in [2.24, 2.45) is 0 Å². The van der Waals surface area contributed by atoms with Gasteiger partial charge in [-0.05, 0) is 31.4 Å². The summed E-state index contributed by atoms with van der Waals surface area (Å²) in [5, 5.41) is 8.12. The van der Waals surface area contributed by atoms with Gasteiger partial charge in [0.1, 0.15) is 0 Å². The molecule has 0 aliphatic carbocycles. The van der Waals surface area contributed by atoms with Crippen molar-refractivity contribution in [1.82, 2.24) is 15.1 Å². The van der Waals surface area contributed by atoms with Gasteiger partial charge in [0.05, 0.1) is 6.10 Å². The molecule has 1 aromatic heterocycles. The van der Waals surface area contributed by atoms with Gasteiger partial charge in [0.15, 0.2) is 0 Å². The Morgan fingerprint density at radius 3 is 2.88 bits per heavy atom. The van der Waals surface area contributed by atoms with Crippen LogP contribution in [0.2, 0.25) is 0 Å². The number of likely N-dealkylation sites (N-methyl/N-ethyl adjacent to an activating group) is 1. The summed E-state index contributed by atoms with van der Waals surface area (Å²) in [5.41, 5.74) is 0.906. The van der Waals surface area contributed by atoms with Crippen molar-refractivity contribution >= 4 is 5.91 Å². The fraction of sp³-hybridized carbons (Fsp3) is 0.500. The number of aryl methyl sites for hydroxylation is 1. The number of aromatic nitrogens is 2. The second-order valence-electron chi connectivity index (χ2n) is 6.13. The second-order valence-corrected chi connectivity index (χ2v) is 6.13. The van der Waals surface area contributed by atoms with E-state index in [1.165, 1.54) is 0 Å². The Labute approximate surface area is 141 Å². The van der Waals surface area contributed by atoms with Crippen molar-refractivity contribution in [2.45, 2.75) is 38.2 Å². The highest BCUT2D eigenvalue weighted by Crippen LogP contribution is 2.18. The van der Waals surface area contributed by atoms with Crippen LogP contribution in [0.5, 0.6) is 0 Å². The van der Waals surface area contributed by atoms with Crippen LogP contribution in [0.4, 0.5) is 0 Å². The number of hydrogen-bond acceptors (Lipinski definition) is 5. The van der Waals surface area contributed by atoms with Gasteiger partial charge in [-0.1, -0.05) is 18.2 Å². The summed E-state index contributed by atoms with van der Waals surface area (Å²) >= 11 is 0. The van der Waals surface area contributed by atoms with E-state index in [1.54, 1.807) is 4.90 Å². The Balaban J connectivity index is 1.43. The second kappa shape index (κ2) is 8.06. The molecule has 0 N–H and O–H groups in total. The molecule has 1 aromatic carbocycles. The molecule has 6 heteroatoms. The van der Waals surface area contributed by atoms with Crippen molar-refractivity contribution in [3.63, 3.8) is 0 Å². The van der Waals surface area contributed by atoms with Gasteiger partial charge in [-0.3, -0.25) is 4.79 Å². The molecule has 6 nitrogen and oxygen atoms in total. The number of carbonyl (C=O) groups excluding carboxylic acids is 1. The highest BCUT2D eigenvalue weighted by atomic mass is 16.5. The number of ether oxygens (including phenoxy) is 1. The lowest BCUT2D eigenvalue weighted by Gasteiger charge is -2.20. The largest absolute Gasteiger partial charge is 0.421 e. The van der Waals surface area contributed by atoms with E-state index in [1.807, 2.05) is 37.4 Å². The average Bonchev–Trinajstić information content (AvgIpc) is 3.27. The lowest BCUT2D eigenvalue weighted by Crippen LogP contribution is -2.33. The van der Waals surface area contributed by atoms with E-state index in [-0.39, 0.29) is 12.0 Å². The molecule has 0 bridgehead atoms. The molecule has 0 saturated carbocycles. The quantitative estimate of drug-likeness (QED) is 0.781. The molecule has 1 fully saturated rings. The minimum atomic E-state index is 0.133. The number of hydrogen-bond donors (Lipinski definition) is 0. The molecule has 2 aromatic rings. The van der Waals surface area contributed by atoms with E-state index in [2.05, 4.69) is 10.2 Å². The van der Waals surface area contributed by atoms with E-state index in [0.717, 1.165) is 25.0 Å². The SMILES string of the molecule is CN(C[C@H]1CCCO1)C(=O)CCCc1nnc(-c2ccccc2)o1. The van der Waals surface area contributed by atoms with Crippen LogP contribution in [-0.2, 0) is 16.0 Å². The molecule has 1 aliphatic rings. The standard InChI is InChI=1S/C18H23N3O3/c1-21(13-15-9-6-12-23-15)17(22)11-5-10-16-19-20-18(24-16)14-7-3-2-4-8-14/h2-4,7-8,15H,5-6,9-13H2,1H3/t15-/m1/s1. The normalized spacial score (nSPS) is 17.1. The fourth-order valence-electron chi connectivity index (χ4n) is 2.83. The summed E-state index contributed by atoms with van der Waals surface area (Å²) in [6.45, 7) is 1.49. The molecule has 2 heterocycles. The van der Waals surface area contributed by atoms with E-state index >= 15 is 0 Å². The number of rotatable bonds is 7. The molecule has 1 atom stereocenters. The van der Waals surface area contributed by atoms with Crippen LogP contribution in [0, 0.1) is 0 Å². The zero-order valence-corrected chi connectivity index (χ0v) is 14.0. The minimum Gasteiger partial charge on any atom is -0.421 e. The zero-order valence-electron chi connectivity index (χ0n) is 14.0. The number of nitrogens with zero attached hydrogens (tertiary/aromatic N) is 3. The molecule has 128 valence electrons. The average molecular weight is 329 g/mol. The molecule has 0 spiro atoms. The van der Waals surface area contributed by atoms with Crippen molar-refractivity contribution < 1.29 is 13.9 Å². The number of benzene rings is 1. The Morgan fingerprint density at radius 1 is 1.29 bits per heavy atom. The Bertz CT molecular complexity index is 651. The summed E-state index contributed by atoms with van der Waals surface area (Å²) in [6.07, 6.45) is 4.12. The van der Waals surface area contributed by atoms with Gasteiger partial charge in [0, 0.05) is 38.6 Å².